The lowest BCUT2D eigenvalue weighted by molar-refractivity contribution is -0.122. The number of aromatic nitrogens is 1. The summed E-state index contributed by atoms with van der Waals surface area (Å²) in [5.74, 6) is -0.851. The van der Waals surface area contributed by atoms with Gasteiger partial charge in [0.25, 0.3) is 5.91 Å². The molecular formula is C14H22N4O5S. The zero-order valence-corrected chi connectivity index (χ0v) is 14.5. The van der Waals surface area contributed by atoms with Crippen molar-refractivity contribution in [3.05, 3.63) is 18.0 Å². The smallest absolute Gasteiger partial charge is 0.268 e. The fourth-order valence-electron chi connectivity index (χ4n) is 2.26. The molecule has 1 aliphatic rings. The Morgan fingerprint density at radius 2 is 2.04 bits per heavy atom. The monoisotopic (exact) mass is 358 g/mol. The molecule has 0 spiro atoms. The van der Waals surface area contributed by atoms with Gasteiger partial charge in [0, 0.05) is 25.8 Å². The highest BCUT2D eigenvalue weighted by molar-refractivity contribution is 7.89. The van der Waals surface area contributed by atoms with Crippen molar-refractivity contribution in [1.82, 2.24) is 19.9 Å². The number of amides is 2. The van der Waals surface area contributed by atoms with E-state index in [-0.39, 0.29) is 29.6 Å². The number of ether oxygens (including phenoxy) is 1. The normalized spacial score (nSPS) is 17.2. The first-order chi connectivity index (χ1) is 11.4. The predicted molar refractivity (Wildman–Crippen MR) is 86.0 cm³/mol. The molecule has 1 atom stereocenters. The van der Waals surface area contributed by atoms with Crippen LogP contribution in [0.4, 0.5) is 0 Å². The van der Waals surface area contributed by atoms with Gasteiger partial charge in [-0.15, -0.1) is 0 Å². The largest absolute Gasteiger partial charge is 0.379 e. The molecule has 2 heterocycles. The highest BCUT2D eigenvalue weighted by atomic mass is 32.2. The summed E-state index contributed by atoms with van der Waals surface area (Å²) in [6, 6.07) is 0.546. The van der Waals surface area contributed by atoms with Crippen molar-refractivity contribution in [3.8, 4) is 0 Å². The van der Waals surface area contributed by atoms with Crippen LogP contribution in [0.5, 0.6) is 0 Å². The maximum absolute atomic E-state index is 12.5. The van der Waals surface area contributed by atoms with E-state index in [1.54, 1.807) is 13.8 Å². The lowest BCUT2D eigenvalue weighted by Gasteiger charge is -2.25. The molecule has 2 rings (SSSR count). The van der Waals surface area contributed by atoms with E-state index in [0.717, 1.165) is 0 Å². The van der Waals surface area contributed by atoms with Crippen molar-refractivity contribution in [2.24, 2.45) is 0 Å². The molecule has 9 nitrogen and oxygen atoms in total. The van der Waals surface area contributed by atoms with Crippen LogP contribution in [-0.4, -0.2) is 68.4 Å². The summed E-state index contributed by atoms with van der Waals surface area (Å²) in [4.78, 5) is 26.4. The minimum atomic E-state index is -3.67. The Hall–Kier alpha value is -1.91. The second kappa shape index (κ2) is 7.77. The molecular weight excluding hydrogens is 336 g/mol. The second-order valence-electron chi connectivity index (χ2n) is 5.36. The molecule has 0 saturated carbocycles. The van der Waals surface area contributed by atoms with Gasteiger partial charge in [0.2, 0.25) is 15.9 Å². The van der Waals surface area contributed by atoms with Crippen LogP contribution in [-0.2, 0) is 19.6 Å². The number of likely N-dealkylation sites (N-methyl/N-ethyl adjacent to an activating group) is 1. The molecule has 1 unspecified atom stereocenters. The van der Waals surface area contributed by atoms with Crippen LogP contribution >= 0.6 is 0 Å². The van der Waals surface area contributed by atoms with Crippen LogP contribution in [0.3, 0.4) is 0 Å². The number of nitrogens with one attached hydrogen (secondary N) is 3. The number of morpholine rings is 1. The van der Waals surface area contributed by atoms with E-state index in [1.807, 2.05) is 0 Å². The first-order valence-corrected chi connectivity index (χ1v) is 9.15. The molecule has 1 fully saturated rings. The van der Waals surface area contributed by atoms with E-state index in [4.69, 9.17) is 4.74 Å². The van der Waals surface area contributed by atoms with Gasteiger partial charge in [-0.2, -0.15) is 4.31 Å². The van der Waals surface area contributed by atoms with Gasteiger partial charge in [-0.05, 0) is 19.9 Å². The van der Waals surface area contributed by atoms with Crippen molar-refractivity contribution in [1.29, 1.82) is 0 Å². The van der Waals surface area contributed by atoms with Crippen molar-refractivity contribution in [3.63, 3.8) is 0 Å². The van der Waals surface area contributed by atoms with Gasteiger partial charge in [0.1, 0.15) is 16.6 Å². The van der Waals surface area contributed by atoms with Gasteiger partial charge in [0.15, 0.2) is 0 Å². The van der Waals surface area contributed by atoms with E-state index >= 15 is 0 Å². The molecule has 3 N–H and O–H groups in total. The Morgan fingerprint density at radius 1 is 1.38 bits per heavy atom. The summed E-state index contributed by atoms with van der Waals surface area (Å²) >= 11 is 0. The molecule has 0 bridgehead atoms. The Bertz CT molecular complexity index is 694. The number of carbonyl (C=O) groups is 2. The standard InChI is InChI=1S/C14H22N4O5S/c1-3-15-13(19)10(2)17-14(20)12-8-11(9-16-12)24(21,22)18-4-6-23-7-5-18/h8-10,16H,3-7H2,1-2H3,(H,15,19)(H,17,20). The molecule has 24 heavy (non-hydrogen) atoms. The predicted octanol–water partition coefficient (Wildman–Crippen LogP) is -0.710. The first kappa shape index (κ1) is 18.4. The highest BCUT2D eigenvalue weighted by Crippen LogP contribution is 2.18. The third-order valence-corrected chi connectivity index (χ3v) is 5.48. The Kier molecular flexibility index (Phi) is 5.97. The van der Waals surface area contributed by atoms with Crippen LogP contribution < -0.4 is 10.6 Å². The minimum absolute atomic E-state index is 0.0141. The number of rotatable bonds is 6. The zero-order chi connectivity index (χ0) is 17.7. The zero-order valence-electron chi connectivity index (χ0n) is 13.7. The molecule has 0 aromatic carbocycles. The van der Waals surface area contributed by atoms with Crippen molar-refractivity contribution in [2.45, 2.75) is 24.8 Å². The fraction of sp³-hybridized carbons (Fsp3) is 0.571. The number of aromatic amines is 1. The highest BCUT2D eigenvalue weighted by Gasteiger charge is 2.28. The van der Waals surface area contributed by atoms with Crippen LogP contribution in [0.15, 0.2) is 17.2 Å². The van der Waals surface area contributed by atoms with E-state index in [2.05, 4.69) is 15.6 Å². The number of sulfonamides is 1. The van der Waals surface area contributed by atoms with Gasteiger partial charge in [0.05, 0.1) is 13.2 Å². The van der Waals surface area contributed by atoms with E-state index in [1.165, 1.54) is 16.6 Å². The van der Waals surface area contributed by atoms with Crippen LogP contribution in [0.25, 0.3) is 0 Å². The summed E-state index contributed by atoms with van der Waals surface area (Å²) in [5.41, 5.74) is 0.0815. The quantitative estimate of drug-likeness (QED) is 0.620. The lowest BCUT2D eigenvalue weighted by Crippen LogP contribution is -2.44. The summed E-state index contributed by atoms with van der Waals surface area (Å²) < 4.78 is 31.4. The van der Waals surface area contributed by atoms with Gasteiger partial charge in [-0.3, -0.25) is 9.59 Å². The molecule has 10 heteroatoms. The summed E-state index contributed by atoms with van der Waals surface area (Å²) in [7, 11) is -3.67. The van der Waals surface area contributed by atoms with Crippen molar-refractivity contribution >= 4 is 21.8 Å². The lowest BCUT2D eigenvalue weighted by atomic mass is 10.3. The number of nitrogens with zero attached hydrogens (tertiary/aromatic N) is 1. The molecule has 134 valence electrons. The SMILES string of the molecule is CCNC(=O)C(C)NC(=O)c1cc(S(=O)(=O)N2CCOCC2)c[nH]1. The second-order valence-corrected chi connectivity index (χ2v) is 7.29. The summed E-state index contributed by atoms with van der Waals surface area (Å²) in [6.45, 7) is 5.05. The number of H-pyrrole nitrogens is 1. The van der Waals surface area contributed by atoms with Gasteiger partial charge in [-0.25, -0.2) is 8.42 Å². The number of carbonyl (C=O) groups excluding carboxylic acids is 2. The van der Waals surface area contributed by atoms with E-state index in [0.29, 0.717) is 19.8 Å². The third-order valence-electron chi connectivity index (χ3n) is 3.60. The third kappa shape index (κ3) is 4.13. The molecule has 0 aliphatic carbocycles. The molecule has 1 saturated heterocycles. The summed E-state index contributed by atoms with van der Waals surface area (Å²) in [5, 5.41) is 5.11. The van der Waals surface area contributed by atoms with Gasteiger partial charge in [-0.1, -0.05) is 0 Å². The van der Waals surface area contributed by atoms with Crippen molar-refractivity contribution in [2.75, 3.05) is 32.8 Å². The maximum atomic E-state index is 12.5. The minimum Gasteiger partial charge on any atom is -0.379 e. The Balaban J connectivity index is 2.06. The first-order valence-electron chi connectivity index (χ1n) is 7.71. The average Bonchev–Trinajstić information content (AvgIpc) is 3.06. The van der Waals surface area contributed by atoms with E-state index < -0.39 is 22.0 Å². The maximum Gasteiger partial charge on any atom is 0.268 e. The van der Waals surface area contributed by atoms with Crippen molar-refractivity contribution < 1.29 is 22.7 Å². The van der Waals surface area contributed by atoms with Crippen LogP contribution in [0, 0.1) is 0 Å². The van der Waals surface area contributed by atoms with E-state index in [9.17, 15) is 18.0 Å². The molecule has 1 aliphatic heterocycles. The summed E-state index contributed by atoms with van der Waals surface area (Å²) in [6.07, 6.45) is 1.27. The Morgan fingerprint density at radius 3 is 2.67 bits per heavy atom. The van der Waals surface area contributed by atoms with Crippen LogP contribution in [0.2, 0.25) is 0 Å². The fourth-order valence-corrected chi connectivity index (χ4v) is 3.66. The average molecular weight is 358 g/mol. The Labute approximate surface area is 140 Å². The molecule has 2 amide bonds. The molecule has 0 radical (unpaired) electrons. The molecule has 1 aromatic rings. The molecule has 1 aromatic heterocycles. The number of hydrogen-bond acceptors (Lipinski definition) is 5. The van der Waals surface area contributed by atoms with Gasteiger partial charge < -0.3 is 20.4 Å². The topological polar surface area (TPSA) is 121 Å². The van der Waals surface area contributed by atoms with Gasteiger partial charge >= 0.3 is 0 Å². The number of hydrogen-bond donors (Lipinski definition) is 3. The van der Waals surface area contributed by atoms with Crippen LogP contribution in [0.1, 0.15) is 24.3 Å².